The van der Waals surface area contributed by atoms with Crippen molar-refractivity contribution in [2.45, 2.75) is 17.7 Å². The third-order valence-electron chi connectivity index (χ3n) is 3.20. The topological polar surface area (TPSA) is 40.5 Å². The fourth-order valence-electron chi connectivity index (χ4n) is 2.08. The molecule has 1 N–H and O–H groups in total. The number of aliphatic hydroxyl groups is 1. The Morgan fingerprint density at radius 1 is 1.59 bits per heavy atom. The second kappa shape index (κ2) is 5.89. The van der Waals surface area contributed by atoms with E-state index in [2.05, 4.69) is 0 Å². The van der Waals surface area contributed by atoms with Gasteiger partial charge in [-0.05, 0) is 36.5 Å². The molecule has 0 atom stereocenters. The standard InChI is InChI=1S/C12H17NO2S2/c1-16-10-4-7-17-11(10)12(15)13-5-2-9(8-14)3-6-13/h4,7,9,14H,2-3,5-6,8H2,1H3. The van der Waals surface area contributed by atoms with Crippen molar-refractivity contribution >= 4 is 29.0 Å². The maximum Gasteiger partial charge on any atom is 0.265 e. The van der Waals surface area contributed by atoms with Gasteiger partial charge in [0.05, 0.1) is 0 Å². The van der Waals surface area contributed by atoms with Crippen LogP contribution in [0.15, 0.2) is 16.3 Å². The molecular formula is C12H17NO2S2. The van der Waals surface area contributed by atoms with Crippen LogP contribution in [0.1, 0.15) is 22.5 Å². The van der Waals surface area contributed by atoms with Crippen LogP contribution < -0.4 is 0 Å². The Labute approximate surface area is 110 Å². The molecular weight excluding hydrogens is 254 g/mol. The molecule has 0 unspecified atom stereocenters. The van der Waals surface area contributed by atoms with Gasteiger partial charge in [-0.25, -0.2) is 0 Å². The predicted molar refractivity (Wildman–Crippen MR) is 71.8 cm³/mol. The first kappa shape index (κ1) is 12.9. The van der Waals surface area contributed by atoms with Crippen molar-refractivity contribution in [1.29, 1.82) is 0 Å². The zero-order valence-electron chi connectivity index (χ0n) is 9.89. The summed E-state index contributed by atoms with van der Waals surface area (Å²) in [6.07, 6.45) is 3.83. The molecule has 2 rings (SSSR count). The van der Waals surface area contributed by atoms with E-state index < -0.39 is 0 Å². The normalized spacial score (nSPS) is 17.4. The molecule has 1 aromatic rings. The van der Waals surface area contributed by atoms with Crippen molar-refractivity contribution in [3.63, 3.8) is 0 Å². The van der Waals surface area contributed by atoms with Gasteiger partial charge in [-0.1, -0.05) is 0 Å². The molecule has 2 heterocycles. The molecule has 1 amide bonds. The van der Waals surface area contributed by atoms with Crippen molar-refractivity contribution in [3.05, 3.63) is 16.3 Å². The molecule has 1 aromatic heterocycles. The summed E-state index contributed by atoms with van der Waals surface area (Å²) < 4.78 is 0. The van der Waals surface area contributed by atoms with Crippen LogP contribution in [0.25, 0.3) is 0 Å². The zero-order valence-corrected chi connectivity index (χ0v) is 11.5. The number of likely N-dealkylation sites (tertiary alicyclic amines) is 1. The quantitative estimate of drug-likeness (QED) is 0.858. The smallest absolute Gasteiger partial charge is 0.265 e. The summed E-state index contributed by atoms with van der Waals surface area (Å²) >= 11 is 3.14. The largest absolute Gasteiger partial charge is 0.396 e. The van der Waals surface area contributed by atoms with Crippen LogP contribution in [0.2, 0.25) is 0 Å². The summed E-state index contributed by atoms with van der Waals surface area (Å²) in [5.74, 6) is 0.531. The maximum absolute atomic E-state index is 12.3. The van der Waals surface area contributed by atoms with Gasteiger partial charge in [0.25, 0.3) is 5.91 Å². The van der Waals surface area contributed by atoms with E-state index in [-0.39, 0.29) is 12.5 Å². The van der Waals surface area contributed by atoms with Crippen molar-refractivity contribution in [3.8, 4) is 0 Å². The highest BCUT2D eigenvalue weighted by Crippen LogP contribution is 2.28. The van der Waals surface area contributed by atoms with Crippen LogP contribution in [0.5, 0.6) is 0 Å². The highest BCUT2D eigenvalue weighted by Gasteiger charge is 2.25. The SMILES string of the molecule is CSc1ccsc1C(=O)N1CCC(CO)CC1. The highest BCUT2D eigenvalue weighted by molar-refractivity contribution is 7.98. The van der Waals surface area contributed by atoms with E-state index in [1.165, 1.54) is 11.3 Å². The van der Waals surface area contributed by atoms with Crippen LogP contribution in [-0.4, -0.2) is 41.9 Å². The molecule has 0 bridgehead atoms. The summed E-state index contributed by atoms with van der Waals surface area (Å²) in [5, 5.41) is 11.0. The number of nitrogens with zero attached hydrogens (tertiary/aromatic N) is 1. The third kappa shape index (κ3) is 2.84. The first-order valence-corrected chi connectivity index (χ1v) is 7.88. The molecule has 0 spiro atoms. The Bertz CT molecular complexity index is 384. The van der Waals surface area contributed by atoms with Gasteiger partial charge in [-0.3, -0.25) is 4.79 Å². The number of carbonyl (C=O) groups excluding carboxylic acids is 1. The average Bonchev–Trinajstić information content (AvgIpc) is 2.86. The number of piperidine rings is 1. The van der Waals surface area contributed by atoms with Crippen molar-refractivity contribution < 1.29 is 9.90 Å². The van der Waals surface area contributed by atoms with Crippen LogP contribution in [0, 0.1) is 5.92 Å². The number of amides is 1. The Kier molecular flexibility index (Phi) is 4.48. The lowest BCUT2D eigenvalue weighted by atomic mass is 9.98. The average molecular weight is 271 g/mol. The first-order valence-electron chi connectivity index (χ1n) is 5.78. The van der Waals surface area contributed by atoms with E-state index in [9.17, 15) is 4.79 Å². The van der Waals surface area contributed by atoms with Crippen molar-refractivity contribution in [2.24, 2.45) is 5.92 Å². The van der Waals surface area contributed by atoms with E-state index in [1.807, 2.05) is 22.6 Å². The summed E-state index contributed by atoms with van der Waals surface area (Å²) in [5.41, 5.74) is 0. The molecule has 0 aromatic carbocycles. The number of thioether (sulfide) groups is 1. The van der Waals surface area contributed by atoms with Crippen LogP contribution in [0.4, 0.5) is 0 Å². The summed E-state index contributed by atoms with van der Waals surface area (Å²) in [6, 6.07) is 2.00. The third-order valence-corrected chi connectivity index (χ3v) is 5.01. The van der Waals surface area contributed by atoms with Gasteiger partial charge in [-0.15, -0.1) is 23.1 Å². The lowest BCUT2D eigenvalue weighted by Crippen LogP contribution is -2.39. The minimum Gasteiger partial charge on any atom is -0.396 e. The Morgan fingerprint density at radius 2 is 2.29 bits per heavy atom. The van der Waals surface area contributed by atoms with Crippen LogP contribution >= 0.6 is 23.1 Å². The second-order valence-electron chi connectivity index (χ2n) is 4.24. The van der Waals surface area contributed by atoms with Crippen LogP contribution in [0.3, 0.4) is 0 Å². The Morgan fingerprint density at radius 3 is 2.88 bits per heavy atom. The maximum atomic E-state index is 12.3. The van der Waals surface area contributed by atoms with Crippen molar-refractivity contribution in [2.75, 3.05) is 26.0 Å². The number of aliphatic hydroxyl groups excluding tert-OH is 1. The predicted octanol–water partition coefficient (Wildman–Crippen LogP) is 2.31. The summed E-state index contributed by atoms with van der Waals surface area (Å²) in [4.78, 5) is 16.1. The second-order valence-corrected chi connectivity index (χ2v) is 6.00. The fourth-order valence-corrected chi connectivity index (χ4v) is 3.79. The van der Waals surface area contributed by atoms with E-state index >= 15 is 0 Å². The molecule has 17 heavy (non-hydrogen) atoms. The molecule has 0 saturated carbocycles. The number of rotatable bonds is 3. The molecule has 0 radical (unpaired) electrons. The fraction of sp³-hybridized carbons (Fsp3) is 0.583. The molecule has 3 nitrogen and oxygen atoms in total. The van der Waals surface area contributed by atoms with Crippen molar-refractivity contribution in [1.82, 2.24) is 4.90 Å². The van der Waals surface area contributed by atoms with Gasteiger partial charge in [0, 0.05) is 24.6 Å². The van der Waals surface area contributed by atoms with Gasteiger partial charge in [0.1, 0.15) is 4.88 Å². The van der Waals surface area contributed by atoms with Gasteiger partial charge < -0.3 is 10.0 Å². The van der Waals surface area contributed by atoms with E-state index in [4.69, 9.17) is 5.11 Å². The number of hydrogen-bond acceptors (Lipinski definition) is 4. The Balaban J connectivity index is 2.02. The Hall–Kier alpha value is -0.520. The number of thiophene rings is 1. The minimum atomic E-state index is 0.153. The first-order chi connectivity index (χ1) is 8.26. The monoisotopic (exact) mass is 271 g/mol. The van der Waals surface area contributed by atoms with E-state index in [1.54, 1.807) is 11.8 Å². The number of hydrogen-bond donors (Lipinski definition) is 1. The lowest BCUT2D eigenvalue weighted by molar-refractivity contribution is 0.0652. The minimum absolute atomic E-state index is 0.153. The van der Waals surface area contributed by atoms with E-state index in [0.29, 0.717) is 5.92 Å². The molecule has 5 heteroatoms. The van der Waals surface area contributed by atoms with Gasteiger partial charge in [-0.2, -0.15) is 0 Å². The zero-order chi connectivity index (χ0) is 12.3. The van der Waals surface area contributed by atoms with Gasteiger partial charge in [0.2, 0.25) is 0 Å². The molecule has 1 saturated heterocycles. The summed E-state index contributed by atoms with van der Waals surface area (Å²) in [7, 11) is 0. The van der Waals surface area contributed by atoms with Crippen LogP contribution in [-0.2, 0) is 0 Å². The van der Waals surface area contributed by atoms with Gasteiger partial charge >= 0.3 is 0 Å². The number of carbonyl (C=O) groups is 1. The highest BCUT2D eigenvalue weighted by atomic mass is 32.2. The molecule has 94 valence electrons. The van der Waals surface area contributed by atoms with E-state index in [0.717, 1.165) is 35.7 Å². The lowest BCUT2D eigenvalue weighted by Gasteiger charge is -2.31. The molecule has 1 fully saturated rings. The van der Waals surface area contributed by atoms with Gasteiger partial charge in [0.15, 0.2) is 0 Å². The molecule has 0 aliphatic carbocycles. The molecule has 1 aliphatic rings. The molecule has 1 aliphatic heterocycles. The summed E-state index contributed by atoms with van der Waals surface area (Å²) in [6.45, 7) is 1.79.